The highest BCUT2D eigenvalue weighted by atomic mass is 32.2. The van der Waals surface area contributed by atoms with Crippen molar-refractivity contribution in [1.82, 2.24) is 0 Å². The molecule has 10 nitrogen and oxygen atoms in total. The van der Waals surface area contributed by atoms with E-state index in [1.807, 2.05) is 18.2 Å². The first-order valence-corrected chi connectivity index (χ1v) is 25.3. The van der Waals surface area contributed by atoms with E-state index in [0.717, 1.165) is 75.0 Å². The Morgan fingerprint density at radius 2 is 1.64 bits per heavy atom. The van der Waals surface area contributed by atoms with E-state index in [2.05, 4.69) is 97.9 Å². The lowest BCUT2D eigenvalue weighted by molar-refractivity contribution is -0.433. The Labute approximate surface area is 367 Å². The maximum Gasteiger partial charge on any atom is 0.303 e. The molecule has 0 radical (unpaired) electrons. The molecular formula is C47H52N2O8S4. The Balaban J connectivity index is 1.31. The normalized spacial score (nSPS) is 18.9. The minimum atomic E-state index is -4.46. The molecule has 0 bridgehead atoms. The summed E-state index contributed by atoms with van der Waals surface area (Å²) in [5, 5.41) is 10.7. The molecule has 2 N–H and O–H groups in total. The fourth-order valence-electron chi connectivity index (χ4n) is 8.93. The average Bonchev–Trinajstić information content (AvgIpc) is 3.75. The number of aliphatic carboxylic acids is 1. The van der Waals surface area contributed by atoms with Gasteiger partial charge in [-0.1, -0.05) is 91.9 Å². The maximum atomic E-state index is 12.2. The average molecular weight is 901 g/mol. The molecule has 1 aromatic heterocycles. The Kier molecular flexibility index (Phi) is 13.1. The lowest BCUT2D eigenvalue weighted by Crippen LogP contribution is -2.28. The lowest BCUT2D eigenvalue weighted by Gasteiger charge is -2.27. The van der Waals surface area contributed by atoms with E-state index in [0.29, 0.717) is 11.8 Å². The predicted molar refractivity (Wildman–Crippen MR) is 245 cm³/mol. The Morgan fingerprint density at radius 1 is 0.902 bits per heavy atom. The van der Waals surface area contributed by atoms with Crippen molar-refractivity contribution in [2.45, 2.75) is 99.7 Å². The summed E-state index contributed by atoms with van der Waals surface area (Å²) in [5.74, 6) is -1.28. The van der Waals surface area contributed by atoms with Gasteiger partial charge in [0, 0.05) is 67.9 Å². The van der Waals surface area contributed by atoms with E-state index in [1.165, 1.54) is 46.0 Å². The fraction of sp³-hybridized carbons (Fsp3) is 0.362. The van der Waals surface area contributed by atoms with Crippen LogP contribution < -0.4 is 4.90 Å². The van der Waals surface area contributed by atoms with E-state index >= 15 is 0 Å². The third-order valence-corrected chi connectivity index (χ3v) is 16.0. The highest BCUT2D eigenvalue weighted by molar-refractivity contribution is 8.03. The molecule has 322 valence electrons. The van der Waals surface area contributed by atoms with Gasteiger partial charge in [0.1, 0.15) is 0 Å². The molecule has 7 rings (SSSR count). The quantitative estimate of drug-likeness (QED) is 0.0631. The topological polar surface area (TPSA) is 155 Å². The zero-order chi connectivity index (χ0) is 43.7. The summed E-state index contributed by atoms with van der Waals surface area (Å²) in [6, 6.07) is 23.4. The Morgan fingerprint density at radius 3 is 2.36 bits per heavy atom. The standard InChI is InChI=1S/C47H52N2O8S4/c1-46(2)37-19-10-11-20-38(37)48(28-12-6-9-21-42(50)51)40(46)26-22-32-15-13-16-33(44(32)58-34-17-7-5-8-18-34)23-27-41-47(3,4)43-36-31-35(61(55,56)57)24-25-39(36)59-45(43)49(41)29-14-30-60(52,53)54/h5,7-8,10-11,17-20,22-27,31H,6,9,12-16,21,28-30H2,1-4H3,(H2-,50,51,52,53,54,55,56,57). The maximum absolute atomic E-state index is 12.2. The van der Waals surface area contributed by atoms with Crippen molar-refractivity contribution in [3.05, 3.63) is 130 Å². The van der Waals surface area contributed by atoms with Crippen LogP contribution in [-0.4, -0.2) is 66.1 Å². The number of unbranched alkanes of at least 4 members (excludes halogenated alkanes) is 2. The van der Waals surface area contributed by atoms with Crippen molar-refractivity contribution in [1.29, 1.82) is 0 Å². The van der Waals surface area contributed by atoms with Crippen molar-refractivity contribution in [2.75, 3.05) is 23.7 Å². The van der Waals surface area contributed by atoms with Crippen LogP contribution in [0.2, 0.25) is 0 Å². The van der Waals surface area contributed by atoms with Crippen LogP contribution in [0.3, 0.4) is 0 Å². The van der Waals surface area contributed by atoms with Gasteiger partial charge in [0.2, 0.25) is 0 Å². The zero-order valence-electron chi connectivity index (χ0n) is 34.9. The molecule has 0 fully saturated rings. The monoisotopic (exact) mass is 900 g/mol. The molecule has 14 heteroatoms. The smallest absolute Gasteiger partial charge is 0.303 e. The molecule has 2 aliphatic heterocycles. The van der Waals surface area contributed by atoms with Crippen LogP contribution in [-0.2, 0) is 35.9 Å². The van der Waals surface area contributed by atoms with E-state index in [-0.39, 0.29) is 29.7 Å². The van der Waals surface area contributed by atoms with Crippen LogP contribution in [0.1, 0.15) is 90.2 Å². The van der Waals surface area contributed by atoms with Crippen LogP contribution >= 0.6 is 23.1 Å². The number of hydrogen-bond acceptors (Lipinski definition) is 9. The van der Waals surface area contributed by atoms with Crippen LogP contribution in [0.15, 0.2) is 129 Å². The summed E-state index contributed by atoms with van der Waals surface area (Å²) in [7, 11) is -8.90. The molecule has 0 saturated heterocycles. The van der Waals surface area contributed by atoms with Gasteiger partial charge in [0.25, 0.3) is 15.1 Å². The van der Waals surface area contributed by atoms with Gasteiger partial charge >= 0.3 is 5.97 Å². The number of benzene rings is 3. The fourth-order valence-corrected chi connectivity index (χ4v) is 12.4. The molecule has 1 aliphatic carbocycles. The number of carbonyl (C=O) groups is 1. The van der Waals surface area contributed by atoms with E-state index in [4.69, 9.17) is 0 Å². The zero-order valence-corrected chi connectivity index (χ0v) is 38.2. The van der Waals surface area contributed by atoms with Crippen molar-refractivity contribution < 1.29 is 40.4 Å². The molecule has 0 spiro atoms. The molecule has 4 aromatic rings. The van der Waals surface area contributed by atoms with Gasteiger partial charge in [-0.05, 0) is 105 Å². The van der Waals surface area contributed by atoms with E-state index in [1.54, 1.807) is 17.8 Å². The number of carboxylic acid groups (broad SMARTS) is 1. The van der Waals surface area contributed by atoms with Gasteiger partial charge in [-0.25, -0.2) is 8.42 Å². The second-order valence-corrected chi connectivity index (χ2v) is 22.0. The van der Waals surface area contributed by atoms with Crippen molar-refractivity contribution >= 4 is 75.8 Å². The molecule has 0 atom stereocenters. The van der Waals surface area contributed by atoms with Crippen LogP contribution in [0, 0.1) is 0 Å². The second-order valence-electron chi connectivity index (χ2n) is 16.9. The minimum Gasteiger partial charge on any atom is -0.748 e. The lowest BCUT2D eigenvalue weighted by atomic mass is 9.80. The molecule has 3 heterocycles. The molecule has 3 aliphatic rings. The van der Waals surface area contributed by atoms with Crippen LogP contribution in [0.5, 0.6) is 0 Å². The van der Waals surface area contributed by atoms with Gasteiger partial charge < -0.3 is 14.6 Å². The number of allylic oxidation sites excluding steroid dienone is 7. The second kappa shape index (κ2) is 17.8. The summed E-state index contributed by atoms with van der Waals surface area (Å²) in [6.07, 6.45) is 14.1. The largest absolute Gasteiger partial charge is 0.748 e. The Hall–Kier alpha value is -4.31. The SMILES string of the molecule is CC1(C)C(/C=C/C2=C(Sc3ccccc3)C(=C/C=C3/N(CCCCCC(=O)O)c4ccccc4C3(C)C)/CCC2)=[N+](CCCS(=O)(=O)[O-])c2sc3ccc(S(=O)(=O)O)cc3c21. The number of rotatable bonds is 16. The number of anilines is 1. The van der Waals surface area contributed by atoms with Crippen LogP contribution in [0.25, 0.3) is 10.1 Å². The summed E-state index contributed by atoms with van der Waals surface area (Å²) in [5.41, 5.74) is 6.90. The third-order valence-electron chi connectivity index (χ3n) is 11.9. The number of carboxylic acids is 1. The first-order valence-electron chi connectivity index (χ1n) is 20.6. The van der Waals surface area contributed by atoms with E-state index < -0.39 is 37.4 Å². The predicted octanol–water partition coefficient (Wildman–Crippen LogP) is 10.5. The van der Waals surface area contributed by atoms with Gasteiger partial charge in [0.15, 0.2) is 12.3 Å². The summed E-state index contributed by atoms with van der Waals surface area (Å²) >= 11 is 3.21. The molecule has 0 saturated carbocycles. The van der Waals surface area contributed by atoms with Gasteiger partial charge in [0.05, 0.1) is 26.0 Å². The molecule has 0 unspecified atom stereocenters. The van der Waals surface area contributed by atoms with E-state index in [9.17, 15) is 35.8 Å². The van der Waals surface area contributed by atoms with Gasteiger partial charge in [-0.3, -0.25) is 9.35 Å². The number of hydrogen-bond donors (Lipinski definition) is 2. The van der Waals surface area contributed by atoms with Crippen molar-refractivity contribution in [3.63, 3.8) is 0 Å². The highest BCUT2D eigenvalue weighted by Crippen LogP contribution is 2.51. The molecule has 0 amide bonds. The summed E-state index contributed by atoms with van der Waals surface area (Å²) in [4.78, 5) is 15.6. The number of thiophene rings is 1. The van der Waals surface area contributed by atoms with Gasteiger partial charge in [-0.2, -0.15) is 13.0 Å². The number of para-hydroxylation sites is 1. The molecule has 3 aromatic carbocycles. The van der Waals surface area contributed by atoms with Crippen LogP contribution in [0.4, 0.5) is 10.7 Å². The highest BCUT2D eigenvalue weighted by Gasteiger charge is 2.47. The first kappa shape index (κ1) is 44.7. The number of thioether (sulfide) groups is 1. The van der Waals surface area contributed by atoms with Crippen molar-refractivity contribution in [2.24, 2.45) is 0 Å². The summed E-state index contributed by atoms with van der Waals surface area (Å²) in [6.45, 7) is 9.70. The Bertz CT molecular complexity index is 2740. The minimum absolute atomic E-state index is 0.113. The third kappa shape index (κ3) is 9.69. The molecular weight excluding hydrogens is 849 g/mol. The van der Waals surface area contributed by atoms with Crippen molar-refractivity contribution in [3.8, 4) is 0 Å². The van der Waals surface area contributed by atoms with Gasteiger partial charge in [-0.15, -0.1) is 0 Å². The first-order chi connectivity index (χ1) is 28.9. The number of fused-ring (bicyclic) bond motifs is 4. The summed E-state index contributed by atoms with van der Waals surface area (Å²) < 4.78 is 72.4. The molecule has 61 heavy (non-hydrogen) atoms. The number of nitrogens with zero attached hydrogens (tertiary/aromatic N) is 2.